The summed E-state index contributed by atoms with van der Waals surface area (Å²) in [6, 6.07) is 6.16. The van der Waals surface area contributed by atoms with Crippen molar-refractivity contribution in [3.8, 4) is 0 Å². The quantitative estimate of drug-likeness (QED) is 0.810. The van der Waals surface area contributed by atoms with E-state index in [4.69, 9.17) is 1.41 Å². The van der Waals surface area contributed by atoms with Gasteiger partial charge in [0.1, 0.15) is 1.41 Å². The number of nitrogens with zero attached hydrogens (tertiary/aromatic N) is 1. The topological polar surface area (TPSA) is 78.5 Å². The average molecular weight is 336 g/mol. The van der Waals surface area contributed by atoms with Gasteiger partial charge in [-0.25, -0.2) is 8.42 Å². The molecule has 7 heteroatoms. The normalized spacial score (nSPS) is 22.2. The number of nitrogens with one attached hydrogen (secondary N) is 2. The van der Waals surface area contributed by atoms with Gasteiger partial charge in [-0.3, -0.25) is 4.79 Å². The first-order valence-corrected chi connectivity index (χ1v) is 9.06. The first-order chi connectivity index (χ1) is 11.3. The summed E-state index contributed by atoms with van der Waals surface area (Å²) in [6.07, 6.45) is 2.76. The van der Waals surface area contributed by atoms with Gasteiger partial charge >= 0.3 is 0 Å². The molecule has 6 nitrogen and oxygen atoms in total. The first-order valence-electron chi connectivity index (χ1n) is 8.07. The highest BCUT2D eigenvalue weighted by molar-refractivity contribution is 7.89. The van der Waals surface area contributed by atoms with E-state index < -0.39 is 10.0 Å². The lowest BCUT2D eigenvalue weighted by Gasteiger charge is -2.47. The van der Waals surface area contributed by atoms with Gasteiger partial charge < -0.3 is 10.6 Å². The fourth-order valence-electron chi connectivity index (χ4n) is 3.00. The second kappa shape index (κ2) is 6.07. The molecule has 0 atom stereocenters. The van der Waals surface area contributed by atoms with Gasteiger partial charge in [0.2, 0.25) is 15.9 Å². The fraction of sp³-hybridized carbons (Fsp3) is 0.438. The minimum Gasteiger partial charge on any atom is -0.323 e. The number of hydrogen-bond acceptors (Lipinski definition) is 4. The number of carbonyl (C=O) groups excluding carboxylic acids is 1. The molecule has 2 heterocycles. The maximum Gasteiger partial charge on any atom is 0.247 e. The molecule has 1 spiro atoms. The number of carbonyl (C=O) groups is 1. The number of rotatable bonds is 4. The molecular formula is C16H21N3O3S. The monoisotopic (exact) mass is 336 g/mol. The summed E-state index contributed by atoms with van der Waals surface area (Å²) in [5.74, 6) is -0.337. The molecule has 0 aromatic heterocycles. The van der Waals surface area contributed by atoms with Crippen molar-refractivity contribution in [2.24, 2.45) is 5.41 Å². The van der Waals surface area contributed by atoms with Crippen molar-refractivity contribution in [1.29, 1.82) is 0 Å². The van der Waals surface area contributed by atoms with Crippen molar-refractivity contribution in [2.75, 3.05) is 31.5 Å². The Morgan fingerprint density at radius 2 is 1.91 bits per heavy atom. The van der Waals surface area contributed by atoms with Gasteiger partial charge in [0.15, 0.2) is 0 Å². The summed E-state index contributed by atoms with van der Waals surface area (Å²) in [4.78, 5) is 11.5. The Balaban J connectivity index is 1.67. The van der Waals surface area contributed by atoms with Gasteiger partial charge in [-0.05, 0) is 48.6 Å². The van der Waals surface area contributed by atoms with Crippen molar-refractivity contribution in [3.05, 3.63) is 36.9 Å². The van der Waals surface area contributed by atoms with Crippen LogP contribution in [-0.2, 0) is 14.8 Å². The fourth-order valence-corrected chi connectivity index (χ4v) is 4.44. The molecule has 1 aromatic rings. The van der Waals surface area contributed by atoms with Crippen LogP contribution >= 0.6 is 0 Å². The standard InChI is InChI=1S/C16H21N3O3S/c1-2-15(20)18-13-3-5-14(6-4-13)23(21,22)19-9-7-16(8-10-19)11-17-12-16/h2-6,17H,1,7-12H2,(H,18,20)/i/hD. The predicted octanol–water partition coefficient (Wildman–Crippen LogP) is 1.19. The van der Waals surface area contributed by atoms with Crippen molar-refractivity contribution >= 4 is 21.6 Å². The van der Waals surface area contributed by atoms with E-state index in [1.54, 1.807) is 12.1 Å². The van der Waals surface area contributed by atoms with E-state index in [2.05, 4.69) is 11.9 Å². The summed E-state index contributed by atoms with van der Waals surface area (Å²) >= 11 is 0. The molecule has 3 rings (SSSR count). The molecule has 0 unspecified atom stereocenters. The molecule has 2 aliphatic rings. The van der Waals surface area contributed by atoms with Crippen LogP contribution in [0.25, 0.3) is 0 Å². The van der Waals surface area contributed by atoms with Gasteiger partial charge in [0.25, 0.3) is 0 Å². The molecule has 2 saturated heterocycles. The van der Waals surface area contributed by atoms with Gasteiger partial charge in [-0.1, -0.05) is 6.58 Å². The van der Waals surface area contributed by atoms with Crippen molar-refractivity contribution in [3.63, 3.8) is 0 Å². The van der Waals surface area contributed by atoms with Crippen LogP contribution in [0.1, 0.15) is 12.8 Å². The van der Waals surface area contributed by atoms with Gasteiger partial charge in [0.05, 0.1) is 4.90 Å². The van der Waals surface area contributed by atoms with Crippen LogP contribution in [-0.4, -0.2) is 44.8 Å². The molecule has 0 radical (unpaired) electrons. The predicted molar refractivity (Wildman–Crippen MR) is 88.6 cm³/mol. The Morgan fingerprint density at radius 3 is 2.43 bits per heavy atom. The Morgan fingerprint density at radius 1 is 1.30 bits per heavy atom. The van der Waals surface area contributed by atoms with Crippen LogP contribution in [0, 0.1) is 5.41 Å². The Kier molecular flexibility index (Phi) is 3.92. The summed E-state index contributed by atoms with van der Waals surface area (Å²) in [6.45, 7) is 5.83. The van der Waals surface area contributed by atoms with Crippen LogP contribution in [0.4, 0.5) is 5.69 Å². The molecule has 1 amide bonds. The smallest absolute Gasteiger partial charge is 0.247 e. The van der Waals surface area contributed by atoms with E-state index in [9.17, 15) is 13.2 Å². The number of anilines is 1. The van der Waals surface area contributed by atoms with E-state index >= 15 is 0 Å². The lowest BCUT2D eigenvalue weighted by Crippen LogP contribution is -2.58. The Bertz CT molecular complexity index is 732. The Hall–Kier alpha value is -1.70. The highest BCUT2D eigenvalue weighted by atomic mass is 32.2. The molecule has 2 aliphatic heterocycles. The SMILES string of the molecule is [2H]N1CC2(CCN(S(=O)(=O)c3ccc(NC(=O)C=C)cc3)CC2)C1. The second-order valence-electron chi connectivity index (χ2n) is 6.16. The van der Waals surface area contributed by atoms with E-state index in [1.165, 1.54) is 21.7 Å². The first kappa shape index (κ1) is 14.9. The third-order valence-corrected chi connectivity index (χ3v) is 6.54. The van der Waals surface area contributed by atoms with E-state index in [0.717, 1.165) is 32.0 Å². The lowest BCUT2D eigenvalue weighted by molar-refractivity contribution is -0.111. The van der Waals surface area contributed by atoms with E-state index in [0.29, 0.717) is 18.8 Å². The van der Waals surface area contributed by atoms with Crippen molar-refractivity contribution in [1.82, 2.24) is 9.62 Å². The lowest BCUT2D eigenvalue weighted by atomic mass is 9.74. The maximum atomic E-state index is 12.7. The molecule has 23 heavy (non-hydrogen) atoms. The molecule has 124 valence electrons. The van der Waals surface area contributed by atoms with Crippen molar-refractivity contribution in [2.45, 2.75) is 17.7 Å². The van der Waals surface area contributed by atoms with Crippen LogP contribution in [0.2, 0.25) is 1.41 Å². The van der Waals surface area contributed by atoms with E-state index in [-0.39, 0.29) is 16.2 Å². The Labute approximate surface area is 138 Å². The molecule has 0 saturated carbocycles. The summed E-state index contributed by atoms with van der Waals surface area (Å²) in [7, 11) is -3.52. The zero-order valence-corrected chi connectivity index (χ0v) is 13.7. The summed E-state index contributed by atoms with van der Waals surface area (Å²) < 4.78 is 34.5. The average Bonchev–Trinajstić information content (AvgIpc) is 2.54. The number of benzene rings is 1. The molecule has 2 fully saturated rings. The van der Waals surface area contributed by atoms with Gasteiger partial charge in [-0.2, -0.15) is 4.31 Å². The molecule has 1 aromatic carbocycles. The van der Waals surface area contributed by atoms with E-state index in [1.807, 2.05) is 0 Å². The molecular weight excluding hydrogens is 314 g/mol. The van der Waals surface area contributed by atoms with Gasteiger partial charge in [-0.15, -0.1) is 0 Å². The molecule has 0 bridgehead atoms. The zero-order chi connectivity index (χ0) is 17.4. The third kappa shape index (κ3) is 3.17. The minimum atomic E-state index is -3.52. The highest BCUT2D eigenvalue weighted by Gasteiger charge is 2.42. The minimum absolute atomic E-state index is 0.132. The number of hydrogen-bond donors (Lipinski definition) is 2. The van der Waals surface area contributed by atoms with Crippen LogP contribution in [0.15, 0.2) is 41.8 Å². The third-order valence-electron chi connectivity index (χ3n) is 4.62. The van der Waals surface area contributed by atoms with Gasteiger partial charge in [0, 0.05) is 31.9 Å². The van der Waals surface area contributed by atoms with Crippen LogP contribution < -0.4 is 10.6 Å². The summed E-state index contributed by atoms with van der Waals surface area (Å²) in [5.41, 5.74) is 0.661. The van der Waals surface area contributed by atoms with Crippen molar-refractivity contribution < 1.29 is 14.6 Å². The maximum absolute atomic E-state index is 12.7. The number of amides is 1. The van der Waals surface area contributed by atoms with Crippen LogP contribution in [0.3, 0.4) is 0 Å². The zero-order valence-electron chi connectivity index (χ0n) is 13.9. The molecule has 0 aliphatic carbocycles. The number of sulfonamides is 1. The second-order valence-corrected chi connectivity index (χ2v) is 8.10. The molecule has 2 N–H and O–H groups in total. The van der Waals surface area contributed by atoms with Crippen LogP contribution in [0.5, 0.6) is 0 Å². The number of piperidine rings is 1. The highest BCUT2D eigenvalue weighted by Crippen LogP contribution is 2.36. The largest absolute Gasteiger partial charge is 0.323 e. The summed E-state index contributed by atoms with van der Waals surface area (Å²) in [5, 5.41) is 4.12.